The Morgan fingerprint density at radius 1 is 0.957 bits per heavy atom. The van der Waals surface area contributed by atoms with E-state index in [0.29, 0.717) is 38.7 Å². The van der Waals surface area contributed by atoms with E-state index in [0.717, 1.165) is 30.6 Å². The van der Waals surface area contributed by atoms with Gasteiger partial charge in [-0.15, -0.1) is 0 Å². The van der Waals surface area contributed by atoms with Crippen LogP contribution in [0.25, 0.3) is 0 Å². The van der Waals surface area contributed by atoms with Gasteiger partial charge in [-0.05, 0) is 68.7 Å². The lowest BCUT2D eigenvalue weighted by Crippen LogP contribution is -2.58. The topological polar surface area (TPSA) is 157 Å². The summed E-state index contributed by atoms with van der Waals surface area (Å²) in [5.74, 6) is -0.768. The fraction of sp³-hybridized carbons (Fsp3) is 0.778. The Kier molecular flexibility index (Phi) is 14.9. The molecular formula is C36H58O11. The van der Waals surface area contributed by atoms with E-state index in [9.17, 15) is 25.5 Å². The van der Waals surface area contributed by atoms with Crippen molar-refractivity contribution in [3.8, 4) is 5.75 Å². The second-order valence-electron chi connectivity index (χ2n) is 13.7. The van der Waals surface area contributed by atoms with Crippen LogP contribution in [0.1, 0.15) is 77.2 Å². The minimum absolute atomic E-state index is 0.00563. The minimum atomic E-state index is -1.26. The summed E-state index contributed by atoms with van der Waals surface area (Å²) in [4.78, 5) is 0. The van der Waals surface area contributed by atoms with Gasteiger partial charge in [0.05, 0.1) is 63.1 Å². The van der Waals surface area contributed by atoms with E-state index in [1.54, 1.807) is 14.2 Å². The Morgan fingerprint density at radius 2 is 1.68 bits per heavy atom. The molecule has 0 saturated carbocycles. The van der Waals surface area contributed by atoms with Gasteiger partial charge in [0.25, 0.3) is 0 Å². The van der Waals surface area contributed by atoms with Crippen LogP contribution in [0, 0.1) is 11.8 Å². The highest BCUT2D eigenvalue weighted by atomic mass is 16.7. The molecule has 3 aliphatic heterocycles. The zero-order valence-corrected chi connectivity index (χ0v) is 28.5. The molecule has 3 aliphatic rings. The standard InChI is InChI=1S/C36H58O11/c1-23-12-15-36(46-32(23)20-27(39)18-26(38)19-30-7-5-6-29(45-30)14-17-37)16-13-31(43-4)35(47-36)34(41)33(40)24(2)21-44-22-25-8-10-28(42-3)11-9-25/h8-12,15,23-24,26-27,29-35,37-41H,5-7,13-14,16-22H2,1-4H3/t23-,24-,26-,27-,29+,30-,31-,32+,33-,34-,35-,36-/m0/s1. The third-order valence-electron chi connectivity index (χ3n) is 9.92. The van der Waals surface area contributed by atoms with E-state index in [4.69, 9.17) is 28.4 Å². The van der Waals surface area contributed by atoms with Gasteiger partial charge in [-0.3, -0.25) is 0 Å². The minimum Gasteiger partial charge on any atom is -0.497 e. The highest BCUT2D eigenvalue weighted by Gasteiger charge is 2.49. The predicted octanol–water partition coefficient (Wildman–Crippen LogP) is 3.26. The quantitative estimate of drug-likeness (QED) is 0.156. The first kappa shape index (κ1) is 38.2. The first-order valence-corrected chi connectivity index (χ1v) is 17.3. The summed E-state index contributed by atoms with van der Waals surface area (Å²) in [5, 5.41) is 53.5. The van der Waals surface area contributed by atoms with Gasteiger partial charge in [0.1, 0.15) is 18.0 Å². The molecule has 0 amide bonds. The van der Waals surface area contributed by atoms with Gasteiger partial charge in [-0.1, -0.05) is 32.1 Å². The molecule has 2 saturated heterocycles. The smallest absolute Gasteiger partial charge is 0.188 e. The van der Waals surface area contributed by atoms with Crippen molar-refractivity contribution < 1.29 is 54.0 Å². The number of hydrogen-bond acceptors (Lipinski definition) is 11. The molecule has 268 valence electrons. The van der Waals surface area contributed by atoms with Gasteiger partial charge in [-0.25, -0.2) is 0 Å². The predicted molar refractivity (Wildman–Crippen MR) is 175 cm³/mol. The van der Waals surface area contributed by atoms with Crippen LogP contribution in [0.3, 0.4) is 0 Å². The highest BCUT2D eigenvalue weighted by molar-refractivity contribution is 5.26. The molecule has 0 unspecified atom stereocenters. The van der Waals surface area contributed by atoms with Crippen LogP contribution in [0.5, 0.6) is 5.75 Å². The number of rotatable bonds is 17. The molecule has 2 fully saturated rings. The van der Waals surface area contributed by atoms with Crippen molar-refractivity contribution in [2.24, 2.45) is 11.8 Å². The molecule has 5 N–H and O–H groups in total. The zero-order valence-electron chi connectivity index (χ0n) is 28.5. The van der Waals surface area contributed by atoms with Crippen LogP contribution in [0.15, 0.2) is 36.4 Å². The molecule has 11 heteroatoms. The molecular weight excluding hydrogens is 608 g/mol. The number of aliphatic hydroxyl groups excluding tert-OH is 5. The van der Waals surface area contributed by atoms with E-state index in [1.165, 1.54) is 0 Å². The summed E-state index contributed by atoms with van der Waals surface area (Å²) in [6.45, 7) is 4.51. The van der Waals surface area contributed by atoms with Gasteiger partial charge in [-0.2, -0.15) is 0 Å². The molecule has 4 rings (SSSR count). The van der Waals surface area contributed by atoms with E-state index in [1.807, 2.05) is 50.3 Å². The van der Waals surface area contributed by atoms with Crippen molar-refractivity contribution in [2.75, 3.05) is 27.4 Å². The summed E-state index contributed by atoms with van der Waals surface area (Å²) >= 11 is 0. The summed E-state index contributed by atoms with van der Waals surface area (Å²) in [5.41, 5.74) is 0.973. The Labute approximate surface area is 279 Å². The first-order valence-electron chi connectivity index (χ1n) is 17.3. The highest BCUT2D eigenvalue weighted by Crippen LogP contribution is 2.40. The van der Waals surface area contributed by atoms with Gasteiger partial charge in [0.15, 0.2) is 5.79 Å². The third-order valence-corrected chi connectivity index (χ3v) is 9.92. The lowest BCUT2D eigenvalue weighted by molar-refractivity contribution is -0.319. The van der Waals surface area contributed by atoms with Crippen LogP contribution >= 0.6 is 0 Å². The van der Waals surface area contributed by atoms with E-state index in [-0.39, 0.29) is 49.8 Å². The second-order valence-corrected chi connectivity index (χ2v) is 13.7. The molecule has 0 aromatic heterocycles. The molecule has 1 aromatic carbocycles. The molecule has 11 nitrogen and oxygen atoms in total. The maximum Gasteiger partial charge on any atom is 0.188 e. The van der Waals surface area contributed by atoms with Crippen LogP contribution < -0.4 is 4.74 Å². The van der Waals surface area contributed by atoms with Crippen LogP contribution in [0.2, 0.25) is 0 Å². The molecule has 3 heterocycles. The molecule has 47 heavy (non-hydrogen) atoms. The van der Waals surface area contributed by atoms with Crippen LogP contribution in [-0.2, 0) is 30.3 Å². The zero-order chi connectivity index (χ0) is 34.0. The van der Waals surface area contributed by atoms with Crippen LogP contribution in [-0.4, -0.2) is 114 Å². The lowest BCUT2D eigenvalue weighted by Gasteiger charge is -2.48. The molecule has 0 bridgehead atoms. The Balaban J connectivity index is 1.29. The van der Waals surface area contributed by atoms with E-state index in [2.05, 4.69) is 0 Å². The third kappa shape index (κ3) is 10.9. The molecule has 0 radical (unpaired) electrons. The average molecular weight is 667 g/mol. The van der Waals surface area contributed by atoms with Crippen molar-refractivity contribution in [2.45, 2.75) is 139 Å². The van der Waals surface area contributed by atoms with Crippen LogP contribution in [0.4, 0.5) is 0 Å². The fourth-order valence-electron chi connectivity index (χ4n) is 7.02. The van der Waals surface area contributed by atoms with Gasteiger partial charge >= 0.3 is 0 Å². The number of benzene rings is 1. The Hall–Kier alpha value is -1.64. The number of methoxy groups -OCH3 is 2. The Bertz CT molecular complexity index is 1070. The average Bonchev–Trinajstić information content (AvgIpc) is 3.06. The molecule has 1 aromatic rings. The van der Waals surface area contributed by atoms with Gasteiger partial charge < -0.3 is 54.0 Å². The normalized spacial score (nSPS) is 32.9. The SMILES string of the molecule is COc1ccc(COC[C@H](C)[C@H](O)[C@H](O)[C@H]2O[C@@]3(C=C[C@H](C)[C@@H](C[C@@H](O)C[C@H](O)C[C@@H]4CCC[C@H](CCO)O4)O3)CC[C@@H]2OC)cc1. The summed E-state index contributed by atoms with van der Waals surface area (Å²) < 4.78 is 35.7. The summed E-state index contributed by atoms with van der Waals surface area (Å²) in [7, 11) is 3.18. The fourth-order valence-corrected chi connectivity index (χ4v) is 7.02. The van der Waals surface area contributed by atoms with Gasteiger partial charge in [0, 0.05) is 38.4 Å². The monoisotopic (exact) mass is 666 g/mol. The largest absolute Gasteiger partial charge is 0.497 e. The maximum absolute atomic E-state index is 11.4. The van der Waals surface area contributed by atoms with E-state index < -0.39 is 42.4 Å². The molecule has 1 spiro atoms. The van der Waals surface area contributed by atoms with Crippen molar-refractivity contribution >= 4 is 0 Å². The van der Waals surface area contributed by atoms with Gasteiger partial charge in [0.2, 0.25) is 0 Å². The first-order chi connectivity index (χ1) is 22.6. The molecule has 0 aliphatic carbocycles. The maximum atomic E-state index is 11.4. The van der Waals surface area contributed by atoms with Crippen molar-refractivity contribution in [1.82, 2.24) is 0 Å². The summed E-state index contributed by atoms with van der Waals surface area (Å²) in [6, 6.07) is 7.56. The van der Waals surface area contributed by atoms with Crippen molar-refractivity contribution in [3.63, 3.8) is 0 Å². The van der Waals surface area contributed by atoms with Crippen molar-refractivity contribution in [1.29, 1.82) is 0 Å². The van der Waals surface area contributed by atoms with E-state index >= 15 is 0 Å². The number of ether oxygens (including phenoxy) is 6. The summed E-state index contributed by atoms with van der Waals surface area (Å²) in [6.07, 6.45) is 3.58. The number of hydrogen-bond donors (Lipinski definition) is 5. The molecule has 12 atom stereocenters. The van der Waals surface area contributed by atoms with Crippen molar-refractivity contribution in [3.05, 3.63) is 42.0 Å². The Morgan fingerprint density at radius 3 is 2.38 bits per heavy atom. The second kappa shape index (κ2) is 18.4. The number of aliphatic hydroxyl groups is 5. The lowest BCUT2D eigenvalue weighted by atomic mass is 9.86.